The Morgan fingerprint density at radius 2 is 1.94 bits per heavy atom. The van der Waals surface area contributed by atoms with Crippen LogP contribution in [0.2, 0.25) is 0 Å². The van der Waals surface area contributed by atoms with Gasteiger partial charge in [-0.15, -0.1) is 0 Å². The molecule has 2 rings (SSSR count). The first kappa shape index (κ1) is 13.1. The Morgan fingerprint density at radius 1 is 1.28 bits per heavy atom. The van der Waals surface area contributed by atoms with Gasteiger partial charge in [0.2, 0.25) is 5.91 Å². The Bertz CT molecular complexity index is 399. The number of nitrogens with two attached hydrogens (primary N) is 1. The summed E-state index contributed by atoms with van der Waals surface area (Å²) < 4.78 is 0. The third kappa shape index (κ3) is 3.10. The van der Waals surface area contributed by atoms with Crippen molar-refractivity contribution in [1.82, 2.24) is 0 Å². The molecule has 0 spiro atoms. The van der Waals surface area contributed by atoms with E-state index in [0.717, 1.165) is 24.9 Å². The number of hydrogen-bond donors (Lipinski definition) is 2. The summed E-state index contributed by atoms with van der Waals surface area (Å²) >= 11 is 0. The van der Waals surface area contributed by atoms with Crippen molar-refractivity contribution in [3.8, 4) is 0 Å². The van der Waals surface area contributed by atoms with Crippen molar-refractivity contribution in [1.29, 1.82) is 0 Å². The molecule has 0 aliphatic heterocycles. The summed E-state index contributed by atoms with van der Waals surface area (Å²) in [5, 5.41) is 3.01. The summed E-state index contributed by atoms with van der Waals surface area (Å²) in [7, 11) is 0. The Hall–Kier alpha value is -1.35. The molecule has 0 aromatic heterocycles. The van der Waals surface area contributed by atoms with Crippen molar-refractivity contribution in [3.05, 3.63) is 29.8 Å². The van der Waals surface area contributed by atoms with Crippen LogP contribution in [0.25, 0.3) is 0 Å². The topological polar surface area (TPSA) is 55.1 Å². The van der Waals surface area contributed by atoms with Gasteiger partial charge in [0.15, 0.2) is 0 Å². The first-order chi connectivity index (χ1) is 8.70. The number of amides is 1. The van der Waals surface area contributed by atoms with Crippen LogP contribution in [0.15, 0.2) is 24.3 Å². The van der Waals surface area contributed by atoms with Crippen LogP contribution in [0.4, 0.5) is 5.69 Å². The third-order valence-corrected chi connectivity index (χ3v) is 3.87. The maximum absolute atomic E-state index is 12.3. The highest BCUT2D eigenvalue weighted by atomic mass is 16.1. The largest absolute Gasteiger partial charge is 0.330 e. The smallest absolute Gasteiger partial charge is 0.227 e. The second kappa shape index (κ2) is 6.01. The zero-order valence-electron chi connectivity index (χ0n) is 11.0. The molecule has 1 fully saturated rings. The molecule has 0 saturated heterocycles. The summed E-state index contributed by atoms with van der Waals surface area (Å²) in [5.41, 5.74) is 7.85. The molecular weight excluding hydrogens is 224 g/mol. The van der Waals surface area contributed by atoms with Crippen molar-refractivity contribution in [2.45, 2.75) is 32.6 Å². The van der Waals surface area contributed by atoms with Gasteiger partial charge in [0.05, 0.1) is 0 Å². The molecule has 3 nitrogen and oxygen atoms in total. The van der Waals surface area contributed by atoms with Gasteiger partial charge >= 0.3 is 0 Å². The number of aryl methyl sites for hydroxylation is 1. The fourth-order valence-electron chi connectivity index (χ4n) is 2.71. The lowest BCUT2D eigenvalue weighted by Crippen LogP contribution is -2.35. The van der Waals surface area contributed by atoms with Gasteiger partial charge in [-0.2, -0.15) is 0 Å². The molecular formula is C15H22N2O. The van der Waals surface area contributed by atoms with Crippen LogP contribution < -0.4 is 11.1 Å². The molecule has 0 heterocycles. The summed E-state index contributed by atoms with van der Waals surface area (Å²) in [5.74, 6) is 0.572. The molecule has 1 saturated carbocycles. The number of anilines is 1. The number of carbonyl (C=O) groups excluding carboxylic acids is 1. The van der Waals surface area contributed by atoms with Crippen LogP contribution >= 0.6 is 0 Å². The minimum atomic E-state index is 0.0880. The van der Waals surface area contributed by atoms with Crippen LogP contribution in [-0.2, 0) is 4.79 Å². The Labute approximate surface area is 109 Å². The Balaban J connectivity index is 2.00. The van der Waals surface area contributed by atoms with Gasteiger partial charge in [-0.25, -0.2) is 0 Å². The van der Waals surface area contributed by atoms with E-state index in [1.807, 2.05) is 31.2 Å². The SMILES string of the molecule is Cc1ccc(NC(=O)C2CCCCC2CN)cc1. The molecule has 2 unspecified atom stereocenters. The minimum absolute atomic E-state index is 0.0880. The first-order valence-corrected chi connectivity index (χ1v) is 6.78. The van der Waals surface area contributed by atoms with Crippen molar-refractivity contribution in [2.24, 2.45) is 17.6 Å². The van der Waals surface area contributed by atoms with E-state index in [4.69, 9.17) is 5.73 Å². The summed E-state index contributed by atoms with van der Waals surface area (Å²) in [6, 6.07) is 7.93. The average molecular weight is 246 g/mol. The molecule has 3 N–H and O–H groups in total. The third-order valence-electron chi connectivity index (χ3n) is 3.87. The Kier molecular flexibility index (Phi) is 4.37. The van der Waals surface area contributed by atoms with E-state index in [0.29, 0.717) is 12.5 Å². The normalized spacial score (nSPS) is 23.7. The van der Waals surface area contributed by atoms with E-state index >= 15 is 0 Å². The number of nitrogens with one attached hydrogen (secondary N) is 1. The lowest BCUT2D eigenvalue weighted by Gasteiger charge is -2.29. The summed E-state index contributed by atoms with van der Waals surface area (Å²) in [6.07, 6.45) is 4.40. The predicted octanol–water partition coefficient (Wildman–Crippen LogP) is 2.70. The van der Waals surface area contributed by atoms with Crippen molar-refractivity contribution >= 4 is 11.6 Å². The van der Waals surface area contributed by atoms with Gasteiger partial charge < -0.3 is 11.1 Å². The molecule has 98 valence electrons. The summed E-state index contributed by atoms with van der Waals surface area (Å²) in [4.78, 5) is 12.3. The minimum Gasteiger partial charge on any atom is -0.330 e. The van der Waals surface area contributed by atoms with E-state index in [1.165, 1.54) is 12.0 Å². The fraction of sp³-hybridized carbons (Fsp3) is 0.533. The van der Waals surface area contributed by atoms with Crippen molar-refractivity contribution < 1.29 is 4.79 Å². The van der Waals surface area contributed by atoms with E-state index in [2.05, 4.69) is 5.32 Å². The fourth-order valence-corrected chi connectivity index (χ4v) is 2.71. The van der Waals surface area contributed by atoms with Crippen LogP contribution in [-0.4, -0.2) is 12.5 Å². The first-order valence-electron chi connectivity index (χ1n) is 6.78. The predicted molar refractivity (Wildman–Crippen MR) is 74.3 cm³/mol. The molecule has 3 heteroatoms. The standard InChI is InChI=1S/C15H22N2O/c1-11-6-8-13(9-7-11)17-15(18)14-5-3-2-4-12(14)10-16/h6-9,12,14H,2-5,10,16H2,1H3,(H,17,18). The van der Waals surface area contributed by atoms with Gasteiger partial charge in [-0.05, 0) is 44.4 Å². The maximum Gasteiger partial charge on any atom is 0.227 e. The number of hydrogen-bond acceptors (Lipinski definition) is 2. The molecule has 1 aliphatic rings. The molecule has 2 atom stereocenters. The van der Waals surface area contributed by atoms with Gasteiger partial charge in [0, 0.05) is 11.6 Å². The van der Waals surface area contributed by atoms with E-state index in [9.17, 15) is 4.79 Å². The van der Waals surface area contributed by atoms with Gasteiger partial charge in [-0.1, -0.05) is 30.5 Å². The molecule has 1 aliphatic carbocycles. The molecule has 1 aromatic carbocycles. The zero-order chi connectivity index (χ0) is 13.0. The van der Waals surface area contributed by atoms with Crippen LogP contribution in [0.5, 0.6) is 0 Å². The monoisotopic (exact) mass is 246 g/mol. The summed E-state index contributed by atoms with van der Waals surface area (Å²) in [6.45, 7) is 2.66. The average Bonchev–Trinajstić information content (AvgIpc) is 2.41. The quantitative estimate of drug-likeness (QED) is 0.861. The Morgan fingerprint density at radius 3 is 2.61 bits per heavy atom. The van der Waals surface area contributed by atoms with Crippen molar-refractivity contribution in [3.63, 3.8) is 0 Å². The van der Waals surface area contributed by atoms with E-state index in [1.54, 1.807) is 0 Å². The number of rotatable bonds is 3. The second-order valence-electron chi connectivity index (χ2n) is 5.24. The van der Waals surface area contributed by atoms with E-state index < -0.39 is 0 Å². The number of benzene rings is 1. The lowest BCUT2D eigenvalue weighted by atomic mass is 9.78. The number of carbonyl (C=O) groups is 1. The lowest BCUT2D eigenvalue weighted by molar-refractivity contribution is -0.122. The van der Waals surface area contributed by atoms with Crippen LogP contribution in [0.1, 0.15) is 31.2 Å². The zero-order valence-corrected chi connectivity index (χ0v) is 11.0. The maximum atomic E-state index is 12.3. The molecule has 0 radical (unpaired) electrons. The second-order valence-corrected chi connectivity index (χ2v) is 5.24. The van der Waals surface area contributed by atoms with Crippen LogP contribution in [0.3, 0.4) is 0 Å². The molecule has 18 heavy (non-hydrogen) atoms. The van der Waals surface area contributed by atoms with E-state index in [-0.39, 0.29) is 11.8 Å². The highest BCUT2D eigenvalue weighted by molar-refractivity contribution is 5.92. The van der Waals surface area contributed by atoms with Crippen LogP contribution in [0, 0.1) is 18.8 Å². The molecule has 1 aromatic rings. The highest BCUT2D eigenvalue weighted by Gasteiger charge is 2.29. The van der Waals surface area contributed by atoms with Gasteiger partial charge in [0.25, 0.3) is 0 Å². The molecule has 0 bridgehead atoms. The molecule has 1 amide bonds. The van der Waals surface area contributed by atoms with Gasteiger partial charge in [0.1, 0.15) is 0 Å². The van der Waals surface area contributed by atoms with Gasteiger partial charge in [-0.3, -0.25) is 4.79 Å². The highest BCUT2D eigenvalue weighted by Crippen LogP contribution is 2.30. The van der Waals surface area contributed by atoms with Crippen molar-refractivity contribution in [2.75, 3.05) is 11.9 Å².